The van der Waals surface area contributed by atoms with Gasteiger partial charge in [-0.05, 0) is 79.9 Å². The van der Waals surface area contributed by atoms with Gasteiger partial charge in [-0.15, -0.1) is 0 Å². The predicted octanol–water partition coefficient (Wildman–Crippen LogP) is 7.33. The normalized spacial score (nSPS) is 31.5. The molecule has 1 aromatic carbocycles. The van der Waals surface area contributed by atoms with Crippen molar-refractivity contribution in [3.05, 3.63) is 35.1 Å². The zero-order valence-electron chi connectivity index (χ0n) is 13.3. The molecule has 0 heterocycles. The standard InChI is InChI=1S/C19H25F3.CH4.2H2/c1-12-2-4-13(5-3-12)14-6-8-15(9-7-14)16-10-17(20)19(22)18(21)11-16;;;/h10-15H,2-9H2,1H3;1H4;2*1H. The molecule has 134 valence electrons. The van der Waals surface area contributed by atoms with Gasteiger partial charge in [0.15, 0.2) is 17.5 Å². The van der Waals surface area contributed by atoms with Gasteiger partial charge >= 0.3 is 0 Å². The van der Waals surface area contributed by atoms with E-state index in [9.17, 15) is 13.2 Å². The molecule has 0 aromatic heterocycles. The van der Waals surface area contributed by atoms with Crippen molar-refractivity contribution in [1.29, 1.82) is 0 Å². The third-order valence-corrected chi connectivity index (χ3v) is 5.98. The van der Waals surface area contributed by atoms with Crippen molar-refractivity contribution in [2.24, 2.45) is 17.8 Å². The van der Waals surface area contributed by atoms with E-state index in [1.54, 1.807) is 0 Å². The largest absolute Gasteiger partial charge is 0.204 e. The number of hydrogen-bond donors (Lipinski definition) is 0. The topological polar surface area (TPSA) is 0 Å². The van der Waals surface area contributed by atoms with Crippen LogP contribution in [0.1, 0.15) is 80.1 Å². The lowest BCUT2D eigenvalue weighted by atomic mass is 9.68. The highest BCUT2D eigenvalue weighted by atomic mass is 19.2. The highest BCUT2D eigenvalue weighted by Gasteiger charge is 2.30. The summed E-state index contributed by atoms with van der Waals surface area (Å²) in [6, 6.07) is 2.37. The summed E-state index contributed by atoms with van der Waals surface area (Å²) in [6.07, 6.45) is 9.61. The van der Waals surface area contributed by atoms with Crippen molar-refractivity contribution in [2.75, 3.05) is 0 Å². The Hall–Kier alpha value is -0.990. The second-order valence-electron chi connectivity index (χ2n) is 7.43. The molecule has 1 aromatic rings. The number of rotatable bonds is 2. The Kier molecular flexibility index (Phi) is 6.16. The molecule has 2 aliphatic carbocycles. The molecule has 0 saturated heterocycles. The second-order valence-corrected chi connectivity index (χ2v) is 7.43. The van der Waals surface area contributed by atoms with Gasteiger partial charge in [-0.2, -0.15) is 0 Å². The fraction of sp³-hybridized carbons (Fsp3) is 0.700. The van der Waals surface area contributed by atoms with Gasteiger partial charge in [0.05, 0.1) is 0 Å². The molecule has 3 heteroatoms. The van der Waals surface area contributed by atoms with E-state index in [1.165, 1.54) is 37.8 Å². The molecule has 0 spiro atoms. The SMILES string of the molecule is C.CC1CCC(C2CCC(c3cc(F)c(F)c(F)c3)CC2)CC1.[HH].[HH]. The zero-order chi connectivity index (χ0) is 15.7. The number of hydrogen-bond acceptors (Lipinski definition) is 0. The quantitative estimate of drug-likeness (QED) is 0.498. The van der Waals surface area contributed by atoms with Crippen LogP contribution >= 0.6 is 0 Å². The van der Waals surface area contributed by atoms with Crippen molar-refractivity contribution >= 4 is 0 Å². The van der Waals surface area contributed by atoms with Gasteiger partial charge in [-0.1, -0.05) is 27.2 Å². The van der Waals surface area contributed by atoms with Crippen LogP contribution < -0.4 is 0 Å². The summed E-state index contributed by atoms with van der Waals surface area (Å²) in [6.45, 7) is 2.34. The number of halogens is 3. The lowest BCUT2D eigenvalue weighted by molar-refractivity contribution is 0.165. The smallest absolute Gasteiger partial charge is 0.194 e. The molecule has 2 fully saturated rings. The summed E-state index contributed by atoms with van der Waals surface area (Å²) >= 11 is 0. The minimum Gasteiger partial charge on any atom is -0.204 e. The fourth-order valence-corrected chi connectivity index (χ4v) is 4.49. The average Bonchev–Trinajstić information content (AvgIpc) is 2.53. The van der Waals surface area contributed by atoms with Gasteiger partial charge in [-0.3, -0.25) is 0 Å². The zero-order valence-corrected chi connectivity index (χ0v) is 13.3. The fourth-order valence-electron chi connectivity index (χ4n) is 4.49. The third kappa shape index (κ3) is 4.10. The van der Waals surface area contributed by atoms with E-state index in [1.807, 2.05) is 0 Å². The predicted molar refractivity (Wildman–Crippen MR) is 93.1 cm³/mol. The molecule has 0 amide bonds. The Morgan fingerprint density at radius 3 is 1.70 bits per heavy atom. The maximum atomic E-state index is 13.4. The van der Waals surface area contributed by atoms with Crippen molar-refractivity contribution in [2.45, 2.75) is 71.6 Å². The molecule has 0 aliphatic heterocycles. The Labute approximate surface area is 141 Å². The van der Waals surface area contributed by atoms with E-state index in [0.29, 0.717) is 5.56 Å². The Bertz CT molecular complexity index is 497. The summed E-state index contributed by atoms with van der Waals surface area (Å²) < 4.78 is 39.8. The van der Waals surface area contributed by atoms with Crippen molar-refractivity contribution < 1.29 is 16.0 Å². The molecular formula is C20H33F3. The van der Waals surface area contributed by atoms with Gasteiger partial charge in [0.1, 0.15) is 0 Å². The van der Waals surface area contributed by atoms with Crippen LogP contribution in [0.15, 0.2) is 12.1 Å². The Balaban J connectivity index is 0.00000192. The van der Waals surface area contributed by atoms with Crippen LogP contribution in [0.4, 0.5) is 13.2 Å². The van der Waals surface area contributed by atoms with Crippen molar-refractivity contribution in [3.8, 4) is 0 Å². The van der Waals surface area contributed by atoms with E-state index < -0.39 is 17.5 Å². The maximum Gasteiger partial charge on any atom is 0.194 e. The Morgan fingerprint density at radius 1 is 0.783 bits per heavy atom. The lowest BCUT2D eigenvalue weighted by Crippen LogP contribution is -2.24. The summed E-state index contributed by atoms with van der Waals surface area (Å²) in [5.74, 6) is -0.788. The molecule has 0 bridgehead atoms. The lowest BCUT2D eigenvalue weighted by Gasteiger charge is -2.37. The van der Waals surface area contributed by atoms with Gasteiger partial charge in [0, 0.05) is 2.85 Å². The van der Waals surface area contributed by atoms with E-state index in [4.69, 9.17) is 0 Å². The molecule has 0 N–H and O–H groups in total. The molecule has 2 aliphatic rings. The third-order valence-electron chi connectivity index (χ3n) is 5.98. The van der Waals surface area contributed by atoms with Crippen molar-refractivity contribution in [3.63, 3.8) is 0 Å². The first kappa shape index (κ1) is 18.4. The summed E-state index contributed by atoms with van der Waals surface area (Å²) in [5.41, 5.74) is 0.632. The summed E-state index contributed by atoms with van der Waals surface area (Å²) in [7, 11) is 0. The Morgan fingerprint density at radius 2 is 1.22 bits per heavy atom. The first-order valence-corrected chi connectivity index (χ1v) is 8.69. The first-order chi connectivity index (χ1) is 10.5. The highest BCUT2D eigenvalue weighted by molar-refractivity contribution is 5.23. The molecule has 0 radical (unpaired) electrons. The molecule has 2 saturated carbocycles. The van der Waals surface area contributed by atoms with Gasteiger partial charge in [0.2, 0.25) is 0 Å². The maximum absolute atomic E-state index is 13.4. The van der Waals surface area contributed by atoms with E-state index in [0.717, 1.165) is 43.4 Å². The monoisotopic (exact) mass is 330 g/mol. The van der Waals surface area contributed by atoms with Gasteiger partial charge in [0.25, 0.3) is 0 Å². The number of benzene rings is 1. The van der Waals surface area contributed by atoms with E-state index >= 15 is 0 Å². The second kappa shape index (κ2) is 7.72. The molecule has 3 rings (SSSR count). The molecular weight excluding hydrogens is 297 g/mol. The first-order valence-electron chi connectivity index (χ1n) is 8.69. The van der Waals surface area contributed by atoms with Gasteiger partial charge < -0.3 is 0 Å². The van der Waals surface area contributed by atoms with Crippen LogP contribution in [0.25, 0.3) is 0 Å². The van der Waals surface area contributed by atoms with E-state index in [-0.39, 0.29) is 16.2 Å². The van der Waals surface area contributed by atoms with Crippen LogP contribution in [0.5, 0.6) is 0 Å². The molecule has 0 nitrogen and oxygen atoms in total. The van der Waals surface area contributed by atoms with Crippen LogP contribution in [0, 0.1) is 35.2 Å². The minimum absolute atomic E-state index is 0. The van der Waals surface area contributed by atoms with Crippen LogP contribution in [0.2, 0.25) is 0 Å². The molecule has 0 atom stereocenters. The van der Waals surface area contributed by atoms with E-state index in [2.05, 4.69) is 6.92 Å². The molecule has 0 unspecified atom stereocenters. The molecule has 23 heavy (non-hydrogen) atoms. The van der Waals surface area contributed by atoms with Crippen LogP contribution in [-0.2, 0) is 0 Å². The summed E-state index contributed by atoms with van der Waals surface area (Å²) in [5, 5.41) is 0. The minimum atomic E-state index is -1.35. The average molecular weight is 330 g/mol. The summed E-state index contributed by atoms with van der Waals surface area (Å²) in [4.78, 5) is 0. The van der Waals surface area contributed by atoms with Crippen molar-refractivity contribution in [1.82, 2.24) is 0 Å². The highest BCUT2D eigenvalue weighted by Crippen LogP contribution is 2.44. The van der Waals surface area contributed by atoms with Gasteiger partial charge in [-0.25, -0.2) is 13.2 Å². The van der Waals surface area contributed by atoms with Crippen LogP contribution in [-0.4, -0.2) is 0 Å². The van der Waals surface area contributed by atoms with Crippen LogP contribution in [0.3, 0.4) is 0 Å².